The minimum Gasteiger partial charge on any atom is -0.322 e. The van der Waals surface area contributed by atoms with Crippen LogP contribution in [0.1, 0.15) is 21.5 Å². The number of carbonyl (C=O) groups is 3. The van der Waals surface area contributed by atoms with E-state index < -0.39 is 17.7 Å². The first kappa shape index (κ1) is 22.2. The molecule has 0 aliphatic rings. The Morgan fingerprint density at radius 2 is 1.56 bits per heavy atom. The van der Waals surface area contributed by atoms with Gasteiger partial charge >= 0.3 is 11.8 Å². The number of nitrogens with zero attached hydrogens (tertiary/aromatic N) is 1. The van der Waals surface area contributed by atoms with Crippen LogP contribution in [0.3, 0.4) is 0 Å². The van der Waals surface area contributed by atoms with Crippen molar-refractivity contribution in [3.05, 3.63) is 102 Å². The van der Waals surface area contributed by atoms with E-state index in [2.05, 4.69) is 21.2 Å². The van der Waals surface area contributed by atoms with Crippen LogP contribution in [0, 0.1) is 6.92 Å². The highest BCUT2D eigenvalue weighted by Gasteiger charge is 2.17. The highest BCUT2D eigenvalue weighted by atomic mass is 16.2. The molecule has 0 radical (unpaired) electrons. The lowest BCUT2D eigenvalue weighted by molar-refractivity contribution is -0.136. The lowest BCUT2D eigenvalue weighted by Gasteiger charge is -2.11. The lowest BCUT2D eigenvalue weighted by Crippen LogP contribution is -2.33. The van der Waals surface area contributed by atoms with Crippen LogP contribution in [0.25, 0.3) is 6.08 Å². The van der Waals surface area contributed by atoms with Gasteiger partial charge in [-0.2, -0.15) is 5.10 Å². The van der Waals surface area contributed by atoms with Crippen molar-refractivity contribution in [2.75, 3.05) is 10.6 Å². The van der Waals surface area contributed by atoms with Gasteiger partial charge in [-0.15, -0.1) is 0 Å². The topological polar surface area (TPSA) is 99.7 Å². The molecule has 0 spiro atoms. The third-order valence-electron chi connectivity index (χ3n) is 4.32. The molecule has 7 heteroatoms. The summed E-state index contributed by atoms with van der Waals surface area (Å²) in [4.78, 5) is 36.9. The van der Waals surface area contributed by atoms with Crippen molar-refractivity contribution in [1.82, 2.24) is 5.43 Å². The Kier molecular flexibility index (Phi) is 7.64. The molecule has 0 bridgehead atoms. The van der Waals surface area contributed by atoms with E-state index in [9.17, 15) is 14.4 Å². The Morgan fingerprint density at radius 3 is 2.34 bits per heavy atom. The molecule has 0 saturated heterocycles. The van der Waals surface area contributed by atoms with Crippen molar-refractivity contribution in [2.45, 2.75) is 6.92 Å². The summed E-state index contributed by atoms with van der Waals surface area (Å²) in [5.41, 5.74) is 5.20. The molecule has 0 fully saturated rings. The number of aryl methyl sites for hydroxylation is 1. The second-order valence-corrected chi connectivity index (χ2v) is 6.81. The third kappa shape index (κ3) is 6.50. The molecule has 7 nitrogen and oxygen atoms in total. The van der Waals surface area contributed by atoms with Gasteiger partial charge in [-0.3, -0.25) is 14.4 Å². The van der Waals surface area contributed by atoms with Gasteiger partial charge < -0.3 is 10.6 Å². The zero-order valence-corrected chi connectivity index (χ0v) is 17.4. The largest absolute Gasteiger partial charge is 0.329 e. The van der Waals surface area contributed by atoms with E-state index in [0.29, 0.717) is 5.69 Å². The summed E-state index contributed by atoms with van der Waals surface area (Å²) < 4.78 is 0. The molecule has 0 aromatic heterocycles. The van der Waals surface area contributed by atoms with Crippen molar-refractivity contribution in [3.8, 4) is 0 Å². The van der Waals surface area contributed by atoms with E-state index in [-0.39, 0.29) is 11.3 Å². The number of hydrogen-bond donors (Lipinski definition) is 3. The molecule has 0 heterocycles. The second-order valence-electron chi connectivity index (χ2n) is 6.81. The summed E-state index contributed by atoms with van der Waals surface area (Å²) >= 11 is 0. The van der Waals surface area contributed by atoms with Crippen molar-refractivity contribution >= 4 is 41.4 Å². The Morgan fingerprint density at radius 1 is 0.812 bits per heavy atom. The molecule has 3 rings (SSSR count). The predicted octanol–water partition coefficient (Wildman–Crippen LogP) is 4.00. The molecular weight excluding hydrogens is 404 g/mol. The summed E-state index contributed by atoms with van der Waals surface area (Å²) in [7, 11) is 0. The first-order chi connectivity index (χ1) is 15.5. The Labute approximate surface area is 185 Å². The van der Waals surface area contributed by atoms with Gasteiger partial charge in [0, 0.05) is 11.9 Å². The van der Waals surface area contributed by atoms with Crippen LogP contribution in [0.2, 0.25) is 0 Å². The van der Waals surface area contributed by atoms with Crippen molar-refractivity contribution in [1.29, 1.82) is 0 Å². The number of allylic oxidation sites excluding steroid dienone is 1. The fourth-order valence-electron chi connectivity index (χ4n) is 2.80. The van der Waals surface area contributed by atoms with Crippen LogP contribution in [0.5, 0.6) is 0 Å². The fourth-order valence-corrected chi connectivity index (χ4v) is 2.80. The van der Waals surface area contributed by atoms with Crippen LogP contribution < -0.4 is 16.1 Å². The van der Waals surface area contributed by atoms with Crippen LogP contribution in [0.4, 0.5) is 11.4 Å². The van der Waals surface area contributed by atoms with Crippen LogP contribution >= 0.6 is 0 Å². The van der Waals surface area contributed by atoms with E-state index in [1.54, 1.807) is 42.5 Å². The molecule has 160 valence electrons. The van der Waals surface area contributed by atoms with Gasteiger partial charge in [-0.25, -0.2) is 5.43 Å². The number of benzene rings is 3. The van der Waals surface area contributed by atoms with Crippen LogP contribution in [0.15, 0.2) is 90.0 Å². The van der Waals surface area contributed by atoms with Gasteiger partial charge in [0.15, 0.2) is 0 Å². The maximum atomic E-state index is 12.7. The summed E-state index contributed by atoms with van der Waals surface area (Å²) in [5, 5.41) is 8.95. The van der Waals surface area contributed by atoms with Gasteiger partial charge in [-0.05, 0) is 48.4 Å². The first-order valence-electron chi connectivity index (χ1n) is 9.86. The molecule has 3 amide bonds. The maximum Gasteiger partial charge on any atom is 0.329 e. The average molecular weight is 426 g/mol. The van der Waals surface area contributed by atoms with Gasteiger partial charge in [0.05, 0.1) is 11.3 Å². The number of amides is 3. The summed E-state index contributed by atoms with van der Waals surface area (Å²) in [6, 6.07) is 23.3. The van der Waals surface area contributed by atoms with E-state index in [1.807, 2.05) is 55.5 Å². The molecular formula is C25H22N4O3. The van der Waals surface area contributed by atoms with E-state index >= 15 is 0 Å². The fraction of sp³-hybridized carbons (Fsp3) is 0.0400. The number of hydrogen-bond acceptors (Lipinski definition) is 4. The van der Waals surface area contributed by atoms with E-state index in [1.165, 1.54) is 6.21 Å². The molecule has 0 aliphatic carbocycles. The molecule has 3 N–H and O–H groups in total. The molecule has 0 atom stereocenters. The minimum atomic E-state index is -0.955. The highest BCUT2D eigenvalue weighted by Crippen LogP contribution is 2.18. The van der Waals surface area contributed by atoms with Gasteiger partial charge in [0.25, 0.3) is 5.91 Å². The number of nitrogens with one attached hydrogen (secondary N) is 3. The lowest BCUT2D eigenvalue weighted by atomic mass is 10.1. The zero-order valence-electron chi connectivity index (χ0n) is 17.4. The number of anilines is 2. The van der Waals surface area contributed by atoms with Gasteiger partial charge in [-0.1, -0.05) is 60.7 Å². The second kappa shape index (κ2) is 11.0. The monoisotopic (exact) mass is 426 g/mol. The molecule has 32 heavy (non-hydrogen) atoms. The number of rotatable bonds is 6. The molecule has 0 saturated carbocycles. The van der Waals surface area contributed by atoms with Crippen molar-refractivity contribution in [3.63, 3.8) is 0 Å². The standard InChI is InChI=1S/C25H22N4O3/c1-18-9-7-13-20(17-18)27-23(30)21-14-5-6-15-22(21)28-24(31)25(32)29-26-16-8-12-19-10-3-2-4-11-19/h2-17H,1H3,(H,27,30)(H,28,31)(H,29,32)/b12-8+,26-16-. The van der Waals surface area contributed by atoms with Gasteiger partial charge in [0.1, 0.15) is 0 Å². The van der Waals surface area contributed by atoms with Gasteiger partial charge in [0.2, 0.25) is 0 Å². The molecule has 3 aromatic carbocycles. The SMILES string of the molecule is Cc1cccc(NC(=O)c2ccccc2NC(=O)C(=O)N/N=C\C=C\c2ccccc2)c1. The summed E-state index contributed by atoms with van der Waals surface area (Å²) in [6.07, 6.45) is 4.80. The summed E-state index contributed by atoms with van der Waals surface area (Å²) in [6.45, 7) is 1.92. The first-order valence-corrected chi connectivity index (χ1v) is 9.86. The van der Waals surface area contributed by atoms with Crippen molar-refractivity contribution in [2.24, 2.45) is 5.10 Å². The smallest absolute Gasteiger partial charge is 0.322 e. The predicted molar refractivity (Wildman–Crippen MR) is 126 cm³/mol. The quantitative estimate of drug-likeness (QED) is 0.316. The molecule has 0 unspecified atom stereocenters. The normalized spacial score (nSPS) is 10.8. The summed E-state index contributed by atoms with van der Waals surface area (Å²) in [5.74, 6) is -2.30. The van der Waals surface area contributed by atoms with Crippen molar-refractivity contribution < 1.29 is 14.4 Å². The van der Waals surface area contributed by atoms with Crippen LogP contribution in [-0.4, -0.2) is 23.9 Å². The minimum absolute atomic E-state index is 0.214. The molecule has 0 aliphatic heterocycles. The number of hydrazone groups is 1. The third-order valence-corrected chi connectivity index (χ3v) is 4.32. The van der Waals surface area contributed by atoms with E-state index in [0.717, 1.165) is 11.1 Å². The zero-order chi connectivity index (χ0) is 22.8. The number of carbonyl (C=O) groups excluding carboxylic acids is 3. The Bertz CT molecular complexity index is 1170. The molecule has 3 aromatic rings. The maximum absolute atomic E-state index is 12.7. The Balaban J connectivity index is 1.58. The van der Waals surface area contributed by atoms with E-state index in [4.69, 9.17) is 0 Å². The van der Waals surface area contributed by atoms with Crippen LogP contribution in [-0.2, 0) is 9.59 Å². The highest BCUT2D eigenvalue weighted by molar-refractivity contribution is 6.40. The number of para-hydroxylation sites is 1. The Hall–Kier alpha value is -4.52. The average Bonchev–Trinajstić information content (AvgIpc) is 2.79.